The molecular formula is C11H14N. The first-order valence-electron chi connectivity index (χ1n) is 4.00. The van der Waals surface area contributed by atoms with Crippen LogP contribution in [0.1, 0.15) is 5.56 Å². The first kappa shape index (κ1) is 8.85. The van der Waals surface area contributed by atoms with Crippen molar-refractivity contribution in [1.82, 2.24) is 0 Å². The van der Waals surface area contributed by atoms with Crippen molar-refractivity contribution in [2.24, 2.45) is 0 Å². The quantitative estimate of drug-likeness (QED) is 0.655. The van der Waals surface area contributed by atoms with E-state index in [4.69, 9.17) is 0 Å². The molecule has 0 atom stereocenters. The van der Waals surface area contributed by atoms with E-state index in [1.165, 1.54) is 11.3 Å². The minimum atomic E-state index is 0.821. The van der Waals surface area contributed by atoms with Crippen molar-refractivity contribution >= 4 is 5.69 Å². The number of hydrogen-bond donors (Lipinski definition) is 0. The summed E-state index contributed by atoms with van der Waals surface area (Å²) in [5, 5.41) is 0. The molecular weight excluding hydrogens is 146 g/mol. The van der Waals surface area contributed by atoms with Crippen molar-refractivity contribution in [1.29, 1.82) is 0 Å². The number of allylic oxidation sites excluding steroid dienone is 1. The summed E-state index contributed by atoms with van der Waals surface area (Å²) >= 11 is 0. The molecule has 1 radical (unpaired) electrons. The van der Waals surface area contributed by atoms with E-state index in [1.54, 1.807) is 0 Å². The fourth-order valence-corrected chi connectivity index (χ4v) is 1.09. The Bertz CT molecular complexity index is 263. The first-order valence-corrected chi connectivity index (χ1v) is 4.00. The van der Waals surface area contributed by atoms with Crippen LogP contribution >= 0.6 is 0 Å². The lowest BCUT2D eigenvalue weighted by Gasteiger charge is -2.12. The Labute approximate surface area is 74.3 Å². The molecule has 0 aliphatic rings. The molecule has 0 heterocycles. The SMILES string of the molecule is C=[C]Cc1cccc(N(C)C)c1. The normalized spacial score (nSPS) is 9.50. The van der Waals surface area contributed by atoms with Gasteiger partial charge >= 0.3 is 0 Å². The van der Waals surface area contributed by atoms with E-state index in [9.17, 15) is 0 Å². The summed E-state index contributed by atoms with van der Waals surface area (Å²) in [5.41, 5.74) is 2.49. The monoisotopic (exact) mass is 160 g/mol. The molecule has 0 spiro atoms. The van der Waals surface area contributed by atoms with Crippen LogP contribution < -0.4 is 4.90 Å². The van der Waals surface area contributed by atoms with Crippen LogP contribution in [0.25, 0.3) is 0 Å². The summed E-state index contributed by atoms with van der Waals surface area (Å²) in [6.07, 6.45) is 3.70. The maximum atomic E-state index is 3.59. The molecule has 0 aliphatic carbocycles. The molecule has 0 fully saturated rings. The average Bonchev–Trinajstić information content (AvgIpc) is 2.05. The highest BCUT2D eigenvalue weighted by Gasteiger charge is 1.95. The molecule has 63 valence electrons. The van der Waals surface area contributed by atoms with Crippen molar-refractivity contribution in [3.63, 3.8) is 0 Å². The molecule has 12 heavy (non-hydrogen) atoms. The van der Waals surface area contributed by atoms with Gasteiger partial charge in [-0.3, -0.25) is 0 Å². The second kappa shape index (κ2) is 3.96. The van der Waals surface area contributed by atoms with Gasteiger partial charge in [0.05, 0.1) is 0 Å². The van der Waals surface area contributed by atoms with Gasteiger partial charge in [0.25, 0.3) is 0 Å². The van der Waals surface area contributed by atoms with E-state index in [2.05, 4.69) is 41.8 Å². The van der Waals surface area contributed by atoms with Crippen molar-refractivity contribution < 1.29 is 0 Å². The van der Waals surface area contributed by atoms with E-state index in [0.717, 1.165) is 6.42 Å². The lowest BCUT2D eigenvalue weighted by atomic mass is 10.1. The Morgan fingerprint density at radius 2 is 2.17 bits per heavy atom. The molecule has 1 rings (SSSR count). The fourth-order valence-electron chi connectivity index (χ4n) is 1.09. The number of rotatable bonds is 3. The van der Waals surface area contributed by atoms with Crippen LogP contribution in [0.3, 0.4) is 0 Å². The smallest absolute Gasteiger partial charge is 0.0363 e. The second-order valence-corrected chi connectivity index (χ2v) is 2.99. The molecule has 0 saturated carbocycles. The van der Waals surface area contributed by atoms with Crippen LogP contribution in [0, 0.1) is 6.08 Å². The molecule has 1 aromatic rings. The van der Waals surface area contributed by atoms with Gasteiger partial charge in [0.15, 0.2) is 0 Å². The zero-order chi connectivity index (χ0) is 8.97. The van der Waals surface area contributed by atoms with Crippen LogP contribution in [0.5, 0.6) is 0 Å². The molecule has 0 aliphatic heterocycles. The Hall–Kier alpha value is -1.24. The van der Waals surface area contributed by atoms with E-state index in [-0.39, 0.29) is 0 Å². The van der Waals surface area contributed by atoms with Crippen molar-refractivity contribution in [3.05, 3.63) is 42.5 Å². The van der Waals surface area contributed by atoms with Gasteiger partial charge in [-0.1, -0.05) is 18.7 Å². The van der Waals surface area contributed by atoms with E-state index in [1.807, 2.05) is 14.1 Å². The fraction of sp³-hybridized carbons (Fsp3) is 0.273. The largest absolute Gasteiger partial charge is 0.378 e. The maximum Gasteiger partial charge on any atom is 0.0363 e. The van der Waals surface area contributed by atoms with Crippen LogP contribution in [0.2, 0.25) is 0 Å². The van der Waals surface area contributed by atoms with Gasteiger partial charge < -0.3 is 4.90 Å². The molecule has 0 amide bonds. The maximum absolute atomic E-state index is 3.59. The van der Waals surface area contributed by atoms with Crippen LogP contribution in [0.15, 0.2) is 30.8 Å². The van der Waals surface area contributed by atoms with Gasteiger partial charge in [-0.15, -0.1) is 0 Å². The van der Waals surface area contributed by atoms with Crippen molar-refractivity contribution in [2.45, 2.75) is 6.42 Å². The van der Waals surface area contributed by atoms with Crippen LogP contribution in [-0.4, -0.2) is 14.1 Å². The zero-order valence-corrected chi connectivity index (χ0v) is 7.67. The molecule has 0 bridgehead atoms. The summed E-state index contributed by atoms with van der Waals surface area (Å²) < 4.78 is 0. The highest BCUT2D eigenvalue weighted by molar-refractivity contribution is 5.47. The van der Waals surface area contributed by atoms with Crippen molar-refractivity contribution in [2.75, 3.05) is 19.0 Å². The minimum Gasteiger partial charge on any atom is -0.378 e. The van der Waals surface area contributed by atoms with Gasteiger partial charge in [0.1, 0.15) is 0 Å². The van der Waals surface area contributed by atoms with E-state index < -0.39 is 0 Å². The third kappa shape index (κ3) is 2.12. The molecule has 0 aromatic heterocycles. The molecule has 1 nitrogen and oxygen atoms in total. The van der Waals surface area contributed by atoms with E-state index >= 15 is 0 Å². The summed E-state index contributed by atoms with van der Waals surface area (Å²) in [7, 11) is 4.08. The van der Waals surface area contributed by atoms with Crippen LogP contribution in [-0.2, 0) is 6.42 Å². The first-order chi connectivity index (χ1) is 5.74. The average molecular weight is 160 g/mol. The minimum absolute atomic E-state index is 0.821. The van der Waals surface area contributed by atoms with Gasteiger partial charge in [0.2, 0.25) is 0 Å². The molecule has 1 aromatic carbocycles. The van der Waals surface area contributed by atoms with Crippen molar-refractivity contribution in [3.8, 4) is 0 Å². The second-order valence-electron chi connectivity index (χ2n) is 2.99. The summed E-state index contributed by atoms with van der Waals surface area (Å²) in [5.74, 6) is 0. The van der Waals surface area contributed by atoms with Crippen LogP contribution in [0.4, 0.5) is 5.69 Å². The summed E-state index contributed by atoms with van der Waals surface area (Å²) in [4.78, 5) is 2.09. The topological polar surface area (TPSA) is 3.24 Å². The zero-order valence-electron chi connectivity index (χ0n) is 7.67. The molecule has 0 unspecified atom stereocenters. The standard InChI is InChI=1S/C11H14N/c1-4-6-10-7-5-8-11(9-10)12(2)3/h5,7-9H,1,6H2,2-3H3. The summed E-state index contributed by atoms with van der Waals surface area (Å²) in [6, 6.07) is 8.39. The third-order valence-electron chi connectivity index (χ3n) is 1.76. The number of hydrogen-bond acceptors (Lipinski definition) is 1. The predicted molar refractivity (Wildman–Crippen MR) is 53.3 cm³/mol. The number of anilines is 1. The highest BCUT2D eigenvalue weighted by Crippen LogP contribution is 2.13. The Kier molecular flexibility index (Phi) is 2.92. The Morgan fingerprint density at radius 1 is 1.42 bits per heavy atom. The number of benzene rings is 1. The third-order valence-corrected chi connectivity index (χ3v) is 1.76. The molecule has 0 saturated heterocycles. The predicted octanol–water partition coefficient (Wildman–Crippen LogP) is 2.28. The van der Waals surface area contributed by atoms with E-state index in [0.29, 0.717) is 0 Å². The number of nitrogens with zero attached hydrogens (tertiary/aromatic N) is 1. The Morgan fingerprint density at radius 3 is 2.75 bits per heavy atom. The highest BCUT2D eigenvalue weighted by atomic mass is 15.1. The molecule has 1 heteroatoms. The lowest BCUT2D eigenvalue weighted by molar-refractivity contribution is 1.12. The van der Waals surface area contributed by atoms with Gasteiger partial charge in [-0.2, -0.15) is 0 Å². The van der Waals surface area contributed by atoms with Gasteiger partial charge in [-0.05, 0) is 30.2 Å². The summed E-state index contributed by atoms with van der Waals surface area (Å²) in [6.45, 7) is 3.59. The molecule has 0 N–H and O–H groups in total. The van der Waals surface area contributed by atoms with Gasteiger partial charge in [0, 0.05) is 19.8 Å². The Balaban J connectivity index is 2.87. The lowest BCUT2D eigenvalue weighted by Crippen LogP contribution is -2.08. The van der Waals surface area contributed by atoms with Gasteiger partial charge in [-0.25, -0.2) is 0 Å².